The molecular weight excluding hydrogens is 510 g/mol. The van der Waals surface area contributed by atoms with Crippen molar-refractivity contribution in [2.75, 3.05) is 45.8 Å². The molecule has 2 N–H and O–H groups in total. The van der Waals surface area contributed by atoms with Crippen molar-refractivity contribution < 1.29 is 32.6 Å². The number of fused-ring (bicyclic) bond motifs is 1. The van der Waals surface area contributed by atoms with Gasteiger partial charge in [-0.05, 0) is 18.2 Å². The number of nitrogens with one attached hydrogen (secondary N) is 1. The fourth-order valence-corrected chi connectivity index (χ4v) is 5.28. The number of ether oxygens (including phenoxy) is 2. The average molecular weight is 536 g/mol. The minimum atomic E-state index is -3.80. The number of carbonyl (C=O) groups excluding carboxylic acids is 1. The van der Waals surface area contributed by atoms with E-state index < -0.39 is 15.9 Å². The molecule has 0 saturated carbocycles. The molecule has 1 aliphatic heterocycles. The number of rotatable bonds is 10. The van der Waals surface area contributed by atoms with Gasteiger partial charge in [0.05, 0.1) is 31.8 Å². The Balaban J connectivity index is 1.60. The number of benzene rings is 1. The van der Waals surface area contributed by atoms with Gasteiger partial charge in [0.15, 0.2) is 16.9 Å². The Labute approximate surface area is 211 Å². The number of hydrogen-bond donors (Lipinski definition) is 2. The van der Waals surface area contributed by atoms with Crippen molar-refractivity contribution in [2.24, 2.45) is 5.16 Å². The zero-order valence-corrected chi connectivity index (χ0v) is 21.2. The van der Waals surface area contributed by atoms with Crippen LogP contribution in [0.1, 0.15) is 12.0 Å². The molecule has 1 fully saturated rings. The normalized spacial score (nSPS) is 16.4. The molecule has 36 heavy (non-hydrogen) atoms. The number of aliphatic hydroxyl groups excluding tert-OH is 1. The Kier molecular flexibility index (Phi) is 8.11. The Morgan fingerprint density at radius 2 is 2.06 bits per heavy atom. The van der Waals surface area contributed by atoms with Gasteiger partial charge in [0.1, 0.15) is 10.3 Å². The van der Waals surface area contributed by atoms with Gasteiger partial charge in [-0.3, -0.25) is 10.1 Å². The highest BCUT2D eigenvalue weighted by molar-refractivity contribution is 7.89. The number of amides is 1. The number of aromatic nitrogens is 2. The van der Waals surface area contributed by atoms with Crippen LogP contribution in [0.15, 0.2) is 46.4 Å². The largest absolute Gasteiger partial charge is 0.481 e. The number of methoxy groups -OCH3 is 1. The molecule has 1 atom stereocenters. The van der Waals surface area contributed by atoms with Gasteiger partial charge in [0.2, 0.25) is 15.9 Å². The molecule has 0 unspecified atom stereocenters. The van der Waals surface area contributed by atoms with Crippen molar-refractivity contribution in [3.05, 3.63) is 42.0 Å². The smallest absolute Gasteiger partial charge is 0.280 e. The van der Waals surface area contributed by atoms with E-state index in [-0.39, 0.29) is 29.9 Å². The van der Waals surface area contributed by atoms with E-state index in [2.05, 4.69) is 20.4 Å². The molecule has 1 aromatic carbocycles. The topological polar surface area (TPSA) is 153 Å². The van der Waals surface area contributed by atoms with Crippen LogP contribution in [0.3, 0.4) is 0 Å². The SMILES string of the molecule is COc1ccc2nc(NC(=O)/C(=N/O[C@@H]3CCOC3)c3ccc(S(=O)(=O)N(C)CCO)cc3)sc2n1. The molecular formula is C22H25N5O7S2. The van der Waals surface area contributed by atoms with Crippen LogP contribution in [0, 0.1) is 0 Å². The number of pyridine rings is 1. The third kappa shape index (κ3) is 5.79. The standard InChI is InChI=1S/C22H25N5O7S2/c1-27(10-11-28)36(30,31)16-5-3-14(4-6-16)19(26-34-15-9-12-33-13-15)20(29)25-22-23-17-7-8-18(32-2)24-21(17)35-22/h3-8,15,28H,9-13H2,1-2H3,(H,23,25,29)/b26-19+/t15-/m1/s1. The fourth-order valence-electron chi connectivity index (χ4n) is 3.30. The third-order valence-corrected chi connectivity index (χ3v) is 8.06. The molecule has 3 heterocycles. The average Bonchev–Trinajstić information content (AvgIpc) is 3.53. The van der Waals surface area contributed by atoms with Crippen molar-refractivity contribution in [1.29, 1.82) is 0 Å². The maximum absolute atomic E-state index is 13.2. The maximum atomic E-state index is 13.2. The minimum Gasteiger partial charge on any atom is -0.481 e. The summed E-state index contributed by atoms with van der Waals surface area (Å²) in [4.78, 5) is 28.0. The van der Waals surface area contributed by atoms with Crippen LogP contribution >= 0.6 is 11.3 Å². The number of hydrogen-bond acceptors (Lipinski definition) is 11. The first-order chi connectivity index (χ1) is 17.3. The molecule has 0 spiro atoms. The van der Waals surface area contributed by atoms with Crippen LogP contribution in [0.5, 0.6) is 5.88 Å². The van der Waals surface area contributed by atoms with Crippen molar-refractivity contribution in [3.63, 3.8) is 0 Å². The number of carbonyl (C=O) groups is 1. The van der Waals surface area contributed by atoms with Gasteiger partial charge >= 0.3 is 0 Å². The second kappa shape index (κ2) is 11.3. The number of oxime groups is 1. The highest BCUT2D eigenvalue weighted by Crippen LogP contribution is 2.26. The summed E-state index contributed by atoms with van der Waals surface area (Å²) in [5, 5.41) is 16.2. The minimum absolute atomic E-state index is 0.0123. The van der Waals surface area contributed by atoms with E-state index in [1.807, 2.05) is 0 Å². The number of likely N-dealkylation sites (N-methyl/N-ethyl adjacent to an activating group) is 1. The van der Waals surface area contributed by atoms with Crippen LogP contribution in [0.25, 0.3) is 10.3 Å². The first kappa shape index (κ1) is 25.9. The Morgan fingerprint density at radius 1 is 1.28 bits per heavy atom. The summed E-state index contributed by atoms with van der Waals surface area (Å²) in [7, 11) is -0.913. The summed E-state index contributed by atoms with van der Waals surface area (Å²) in [5.41, 5.74) is 0.881. The lowest BCUT2D eigenvalue weighted by Crippen LogP contribution is -2.29. The molecule has 12 nitrogen and oxygen atoms in total. The molecule has 192 valence electrons. The Hall–Kier alpha value is -3.17. The van der Waals surface area contributed by atoms with Crippen molar-refractivity contribution >= 4 is 48.5 Å². The van der Waals surface area contributed by atoms with Crippen LogP contribution in [-0.4, -0.2) is 86.0 Å². The quantitative estimate of drug-likeness (QED) is 0.290. The summed E-state index contributed by atoms with van der Waals surface area (Å²) < 4.78 is 36.8. The van der Waals surface area contributed by atoms with E-state index in [0.717, 1.165) is 4.31 Å². The van der Waals surface area contributed by atoms with Gasteiger partial charge in [-0.1, -0.05) is 28.6 Å². The van der Waals surface area contributed by atoms with Gasteiger partial charge < -0.3 is 19.4 Å². The van der Waals surface area contributed by atoms with Gasteiger partial charge in [0, 0.05) is 31.6 Å². The van der Waals surface area contributed by atoms with E-state index in [1.165, 1.54) is 49.8 Å². The van der Waals surface area contributed by atoms with Gasteiger partial charge in [-0.25, -0.2) is 18.4 Å². The van der Waals surface area contributed by atoms with Crippen LogP contribution in [0.4, 0.5) is 5.13 Å². The number of sulfonamides is 1. The van der Waals surface area contributed by atoms with Crippen molar-refractivity contribution in [1.82, 2.24) is 14.3 Å². The van der Waals surface area contributed by atoms with E-state index in [4.69, 9.17) is 19.4 Å². The molecule has 0 bridgehead atoms. The molecule has 14 heteroatoms. The second-order valence-corrected chi connectivity index (χ2v) is 10.8. The molecule has 1 saturated heterocycles. The third-order valence-electron chi connectivity index (χ3n) is 5.31. The van der Waals surface area contributed by atoms with E-state index in [1.54, 1.807) is 12.1 Å². The lowest BCUT2D eigenvalue weighted by atomic mass is 10.1. The van der Waals surface area contributed by atoms with Gasteiger partial charge in [-0.2, -0.15) is 4.31 Å². The highest BCUT2D eigenvalue weighted by atomic mass is 32.2. The number of anilines is 1. The predicted octanol–water partition coefficient (Wildman–Crippen LogP) is 1.46. The molecule has 3 aromatic rings. The lowest BCUT2D eigenvalue weighted by molar-refractivity contribution is -0.110. The number of thiazole rings is 1. The number of nitrogens with zero attached hydrogens (tertiary/aromatic N) is 4. The molecule has 1 aliphatic rings. The summed E-state index contributed by atoms with van der Waals surface area (Å²) in [5.74, 6) is -0.161. The van der Waals surface area contributed by atoms with Gasteiger partial charge in [0.25, 0.3) is 5.91 Å². The summed E-state index contributed by atoms with van der Waals surface area (Å²) in [6.07, 6.45) is 0.344. The van der Waals surface area contributed by atoms with Crippen molar-refractivity contribution in [2.45, 2.75) is 17.4 Å². The Morgan fingerprint density at radius 3 is 2.72 bits per heavy atom. The zero-order valence-electron chi connectivity index (χ0n) is 19.6. The van der Waals surface area contributed by atoms with Crippen molar-refractivity contribution in [3.8, 4) is 5.88 Å². The predicted molar refractivity (Wildman–Crippen MR) is 133 cm³/mol. The molecule has 0 aliphatic carbocycles. The van der Waals surface area contributed by atoms with Crippen LogP contribution in [0.2, 0.25) is 0 Å². The second-order valence-electron chi connectivity index (χ2n) is 7.76. The van der Waals surface area contributed by atoms with E-state index in [0.29, 0.717) is 46.6 Å². The lowest BCUT2D eigenvalue weighted by Gasteiger charge is -2.16. The maximum Gasteiger partial charge on any atom is 0.280 e. The first-order valence-electron chi connectivity index (χ1n) is 10.9. The molecule has 1 amide bonds. The summed E-state index contributed by atoms with van der Waals surface area (Å²) >= 11 is 1.17. The molecule has 0 radical (unpaired) electrons. The zero-order chi connectivity index (χ0) is 25.7. The summed E-state index contributed by atoms with van der Waals surface area (Å²) in [6.45, 7) is 0.552. The first-order valence-corrected chi connectivity index (χ1v) is 13.2. The molecule has 4 rings (SSSR count). The van der Waals surface area contributed by atoms with Crippen LogP contribution < -0.4 is 10.1 Å². The van der Waals surface area contributed by atoms with E-state index in [9.17, 15) is 13.2 Å². The molecule has 2 aromatic heterocycles. The Bertz CT molecular complexity index is 1350. The monoisotopic (exact) mass is 535 g/mol. The van der Waals surface area contributed by atoms with Gasteiger partial charge in [-0.15, -0.1) is 0 Å². The summed E-state index contributed by atoms with van der Waals surface area (Å²) in [6, 6.07) is 9.08. The highest BCUT2D eigenvalue weighted by Gasteiger charge is 2.24. The fraction of sp³-hybridized carbons (Fsp3) is 0.364. The van der Waals surface area contributed by atoms with E-state index >= 15 is 0 Å². The number of aliphatic hydroxyl groups is 1. The van der Waals surface area contributed by atoms with Crippen LogP contribution in [-0.2, 0) is 24.4 Å².